The maximum Gasteiger partial charge on any atom is 0.231 e. The van der Waals surface area contributed by atoms with Gasteiger partial charge in [0, 0.05) is 23.8 Å². The molecule has 0 atom stereocenters. The molecule has 0 N–H and O–H groups in total. The van der Waals surface area contributed by atoms with Crippen LogP contribution in [0.15, 0.2) is 36.4 Å². The fourth-order valence-corrected chi connectivity index (χ4v) is 2.73. The van der Waals surface area contributed by atoms with Crippen molar-refractivity contribution in [1.82, 2.24) is 0 Å². The molecule has 142 valence electrons. The number of methoxy groups -OCH3 is 4. The Hall–Kier alpha value is -3.35. The Balaban J connectivity index is 2.02. The number of ketones is 1. The molecule has 0 bridgehead atoms. The van der Waals surface area contributed by atoms with Crippen LogP contribution in [-0.4, -0.2) is 41.0 Å². The van der Waals surface area contributed by atoms with Crippen LogP contribution in [0.5, 0.6) is 28.7 Å². The Bertz CT molecular complexity index is 861. The minimum Gasteiger partial charge on any atom is -0.496 e. The molecule has 0 radical (unpaired) electrons. The minimum absolute atomic E-state index is 0.145. The quantitative estimate of drug-likeness (QED) is 0.419. The first-order valence-electron chi connectivity index (χ1n) is 8.11. The number of rotatable bonds is 7. The highest BCUT2D eigenvalue weighted by atomic mass is 16.7. The van der Waals surface area contributed by atoms with Gasteiger partial charge < -0.3 is 28.4 Å². The predicted octanol–water partition coefficient (Wildman–Crippen LogP) is 3.31. The molecule has 7 nitrogen and oxygen atoms in total. The summed E-state index contributed by atoms with van der Waals surface area (Å²) in [6.07, 6.45) is 1.38. The molecule has 0 unspecified atom stereocenters. The van der Waals surface area contributed by atoms with Crippen LogP contribution in [0.3, 0.4) is 0 Å². The Morgan fingerprint density at radius 1 is 0.926 bits per heavy atom. The van der Waals surface area contributed by atoms with Crippen molar-refractivity contribution < 1.29 is 33.2 Å². The average molecular weight is 372 g/mol. The zero-order valence-corrected chi connectivity index (χ0v) is 15.5. The number of allylic oxidation sites excluding steroid dienone is 1. The fourth-order valence-electron chi connectivity index (χ4n) is 2.73. The lowest BCUT2D eigenvalue weighted by atomic mass is 10.1. The van der Waals surface area contributed by atoms with Crippen LogP contribution in [0.2, 0.25) is 0 Å². The Labute approximate surface area is 157 Å². The van der Waals surface area contributed by atoms with Crippen molar-refractivity contribution in [2.75, 3.05) is 35.2 Å². The van der Waals surface area contributed by atoms with Crippen molar-refractivity contribution in [3.63, 3.8) is 0 Å². The van der Waals surface area contributed by atoms with Crippen LogP contribution in [0.4, 0.5) is 0 Å². The van der Waals surface area contributed by atoms with Gasteiger partial charge in [0.25, 0.3) is 0 Å². The van der Waals surface area contributed by atoms with Gasteiger partial charge in [0.15, 0.2) is 17.3 Å². The third-order valence-electron chi connectivity index (χ3n) is 4.10. The summed E-state index contributed by atoms with van der Waals surface area (Å²) in [4.78, 5) is 12.8. The van der Waals surface area contributed by atoms with Crippen molar-refractivity contribution in [3.8, 4) is 28.7 Å². The molecule has 0 aromatic heterocycles. The molecule has 0 saturated carbocycles. The van der Waals surface area contributed by atoms with E-state index in [2.05, 4.69) is 0 Å². The van der Waals surface area contributed by atoms with E-state index in [4.69, 9.17) is 28.4 Å². The van der Waals surface area contributed by atoms with E-state index < -0.39 is 0 Å². The van der Waals surface area contributed by atoms with Crippen LogP contribution >= 0.6 is 0 Å². The number of carbonyl (C=O) groups excluding carboxylic acids is 1. The summed E-state index contributed by atoms with van der Waals surface area (Å²) in [5.74, 6) is 2.66. The van der Waals surface area contributed by atoms with Gasteiger partial charge >= 0.3 is 0 Å². The molecule has 1 heterocycles. The lowest BCUT2D eigenvalue weighted by Crippen LogP contribution is -2.02. The predicted molar refractivity (Wildman–Crippen MR) is 98.0 cm³/mol. The highest BCUT2D eigenvalue weighted by Gasteiger charge is 2.21. The van der Waals surface area contributed by atoms with E-state index >= 15 is 0 Å². The zero-order chi connectivity index (χ0) is 19.4. The number of fused-ring (bicyclic) bond motifs is 1. The molecule has 2 aromatic carbocycles. The summed E-state index contributed by atoms with van der Waals surface area (Å²) < 4.78 is 32.2. The third-order valence-corrected chi connectivity index (χ3v) is 4.10. The van der Waals surface area contributed by atoms with Crippen molar-refractivity contribution in [2.24, 2.45) is 0 Å². The van der Waals surface area contributed by atoms with Gasteiger partial charge in [-0.15, -0.1) is 0 Å². The maximum absolute atomic E-state index is 12.8. The molecule has 0 amide bonds. The first kappa shape index (κ1) is 18.4. The van der Waals surface area contributed by atoms with Gasteiger partial charge in [0.05, 0.1) is 28.4 Å². The minimum atomic E-state index is -0.259. The lowest BCUT2D eigenvalue weighted by molar-refractivity contribution is 0.104. The second kappa shape index (κ2) is 7.90. The van der Waals surface area contributed by atoms with Crippen molar-refractivity contribution in [2.45, 2.75) is 0 Å². The van der Waals surface area contributed by atoms with Gasteiger partial charge in [0.1, 0.15) is 28.6 Å². The average Bonchev–Trinajstić information content (AvgIpc) is 3.18. The molecular weight excluding hydrogens is 352 g/mol. The molecule has 27 heavy (non-hydrogen) atoms. The van der Waals surface area contributed by atoms with E-state index in [0.717, 1.165) is 0 Å². The van der Waals surface area contributed by atoms with Crippen molar-refractivity contribution >= 4 is 11.5 Å². The molecule has 0 spiro atoms. The van der Waals surface area contributed by atoms with E-state index in [1.807, 2.05) is 0 Å². The normalized spacial score (nSPS) is 12.5. The van der Waals surface area contributed by atoms with Gasteiger partial charge in [-0.2, -0.15) is 0 Å². The van der Waals surface area contributed by atoms with Gasteiger partial charge in [-0.25, -0.2) is 0 Å². The SMILES string of the molecule is COC(=CC(=O)c1ccc2c(c1)OCO2)c1c(OC)cc(OC)cc1OC. The topological polar surface area (TPSA) is 72.5 Å². The molecule has 7 heteroatoms. The third kappa shape index (κ3) is 3.62. The van der Waals surface area contributed by atoms with Gasteiger partial charge in [-0.1, -0.05) is 0 Å². The highest BCUT2D eigenvalue weighted by molar-refractivity contribution is 6.08. The lowest BCUT2D eigenvalue weighted by Gasteiger charge is -2.16. The molecule has 1 aliphatic rings. The number of ether oxygens (including phenoxy) is 6. The molecule has 0 aliphatic carbocycles. The van der Waals surface area contributed by atoms with E-state index in [1.54, 1.807) is 37.4 Å². The first-order valence-corrected chi connectivity index (χ1v) is 8.11. The summed E-state index contributed by atoms with van der Waals surface area (Å²) in [6.45, 7) is 0.145. The van der Waals surface area contributed by atoms with Crippen LogP contribution < -0.4 is 23.7 Å². The van der Waals surface area contributed by atoms with E-state index in [9.17, 15) is 4.79 Å². The van der Waals surface area contributed by atoms with Gasteiger partial charge in [0.2, 0.25) is 6.79 Å². The van der Waals surface area contributed by atoms with Gasteiger partial charge in [-0.05, 0) is 18.2 Å². The summed E-state index contributed by atoms with van der Waals surface area (Å²) in [6, 6.07) is 8.38. The fraction of sp³-hybridized carbons (Fsp3) is 0.250. The number of benzene rings is 2. The summed E-state index contributed by atoms with van der Waals surface area (Å²) in [5, 5.41) is 0. The summed E-state index contributed by atoms with van der Waals surface area (Å²) in [7, 11) is 6.06. The number of hydrogen-bond acceptors (Lipinski definition) is 7. The molecule has 0 fully saturated rings. The second-order valence-electron chi connectivity index (χ2n) is 5.55. The van der Waals surface area contributed by atoms with E-state index in [0.29, 0.717) is 45.6 Å². The highest BCUT2D eigenvalue weighted by Crippen LogP contribution is 2.39. The molecule has 3 rings (SSSR count). The van der Waals surface area contributed by atoms with Crippen molar-refractivity contribution in [1.29, 1.82) is 0 Å². The molecule has 2 aromatic rings. The zero-order valence-electron chi connectivity index (χ0n) is 15.5. The Morgan fingerprint density at radius 3 is 2.19 bits per heavy atom. The number of carbonyl (C=O) groups is 1. The largest absolute Gasteiger partial charge is 0.496 e. The first-order chi connectivity index (χ1) is 13.1. The molecule has 0 saturated heterocycles. The van der Waals surface area contributed by atoms with Crippen LogP contribution in [0.1, 0.15) is 15.9 Å². The van der Waals surface area contributed by atoms with Crippen LogP contribution in [-0.2, 0) is 4.74 Å². The molecule has 1 aliphatic heterocycles. The monoisotopic (exact) mass is 372 g/mol. The van der Waals surface area contributed by atoms with Crippen LogP contribution in [0.25, 0.3) is 5.76 Å². The van der Waals surface area contributed by atoms with E-state index in [1.165, 1.54) is 27.4 Å². The molecular formula is C20H20O7. The van der Waals surface area contributed by atoms with Crippen molar-refractivity contribution in [3.05, 3.63) is 47.5 Å². The van der Waals surface area contributed by atoms with Gasteiger partial charge in [-0.3, -0.25) is 4.79 Å². The number of hydrogen-bond donors (Lipinski definition) is 0. The second-order valence-corrected chi connectivity index (χ2v) is 5.55. The summed E-state index contributed by atoms with van der Waals surface area (Å²) in [5.41, 5.74) is 0.956. The standard InChI is InChI=1S/C20H20O7/c1-22-13-8-17(23-2)20(18(9-13)24-3)19(25-4)10-14(21)12-5-6-15-16(7-12)27-11-26-15/h5-10H,11H2,1-4H3. The van der Waals surface area contributed by atoms with Crippen LogP contribution in [0, 0.1) is 0 Å². The summed E-state index contributed by atoms with van der Waals surface area (Å²) >= 11 is 0. The smallest absolute Gasteiger partial charge is 0.231 e. The maximum atomic E-state index is 12.8. The Kier molecular flexibility index (Phi) is 5.40. The van der Waals surface area contributed by atoms with E-state index in [-0.39, 0.29) is 12.6 Å². The Morgan fingerprint density at radius 2 is 1.59 bits per heavy atom.